The number of benzene rings is 2. The molecule has 0 aromatic heterocycles. The normalized spacial score (nSPS) is 10.9. The second kappa shape index (κ2) is 6.14. The van der Waals surface area contributed by atoms with E-state index in [9.17, 15) is 20.2 Å². The number of nitro benzene ring substituents is 2. The van der Waals surface area contributed by atoms with E-state index in [1.54, 1.807) is 24.3 Å². The van der Waals surface area contributed by atoms with Gasteiger partial charge in [-0.15, -0.1) is 0 Å². The predicted octanol–water partition coefficient (Wildman–Crippen LogP) is 4.20. The molecule has 0 spiro atoms. The van der Waals surface area contributed by atoms with Crippen LogP contribution < -0.4 is 0 Å². The molecule has 2 rings (SSSR count). The molecular weight excluding hydrogens is 398 g/mol. The first-order valence-corrected chi connectivity index (χ1v) is 10.2. The zero-order chi connectivity index (χ0) is 14.7. The number of nitrogens with zero attached hydrogens (tertiary/aromatic N) is 2. The molecule has 0 fully saturated rings. The Balaban J connectivity index is 2.24. The monoisotopic (exact) mass is 406 g/mol. The van der Waals surface area contributed by atoms with Crippen LogP contribution in [0.3, 0.4) is 0 Å². The first-order valence-electron chi connectivity index (χ1n) is 5.34. The Morgan fingerprint density at radius 1 is 0.750 bits per heavy atom. The van der Waals surface area contributed by atoms with Crippen molar-refractivity contribution in [1.82, 2.24) is 0 Å². The first kappa shape index (κ1) is 14.7. The minimum absolute atomic E-state index is 0.0124. The summed E-state index contributed by atoms with van der Waals surface area (Å²) in [5, 5.41) is 21.1. The molecule has 0 aliphatic rings. The molecule has 0 amide bonds. The number of halogens is 2. The molecule has 6 nitrogen and oxygen atoms in total. The second-order valence-corrected chi connectivity index (χ2v) is 9.47. The van der Waals surface area contributed by atoms with Crippen molar-refractivity contribution < 1.29 is 9.85 Å². The van der Waals surface area contributed by atoms with Crippen molar-refractivity contribution in [3.05, 3.63) is 75.9 Å². The molecular formula is C12H8ClIN2O4. The number of nitro groups is 2. The molecule has 2 aromatic carbocycles. The van der Waals surface area contributed by atoms with E-state index in [0.29, 0.717) is 0 Å². The third-order valence-electron chi connectivity index (χ3n) is 2.46. The van der Waals surface area contributed by atoms with Gasteiger partial charge in [-0.1, -0.05) is 0 Å². The van der Waals surface area contributed by atoms with E-state index in [1.165, 1.54) is 24.3 Å². The van der Waals surface area contributed by atoms with Crippen molar-refractivity contribution in [3.63, 3.8) is 0 Å². The Morgan fingerprint density at radius 2 is 1.05 bits per heavy atom. The van der Waals surface area contributed by atoms with Crippen LogP contribution in [0.4, 0.5) is 11.4 Å². The average Bonchev–Trinajstić information content (AvgIpc) is 2.46. The molecule has 0 radical (unpaired) electrons. The van der Waals surface area contributed by atoms with E-state index in [4.69, 9.17) is 8.91 Å². The summed E-state index contributed by atoms with van der Waals surface area (Å²) in [6, 6.07) is 12.2. The van der Waals surface area contributed by atoms with Gasteiger partial charge in [0, 0.05) is 0 Å². The molecule has 8 heteroatoms. The molecule has 0 N–H and O–H groups in total. The minimum atomic E-state index is -2.18. The van der Waals surface area contributed by atoms with Crippen LogP contribution in [0, 0.1) is 27.4 Å². The molecule has 20 heavy (non-hydrogen) atoms. The molecule has 0 heterocycles. The molecule has 2 aromatic rings. The third-order valence-corrected chi connectivity index (χ3v) is 8.30. The van der Waals surface area contributed by atoms with Gasteiger partial charge in [0.05, 0.1) is 0 Å². The standard InChI is InChI=1S/C12H8ClIN2O4/c13-14(9-1-5-11(6-2-9)15(17)18)10-3-7-12(8-4-10)16(19)20/h1-8H. The summed E-state index contributed by atoms with van der Waals surface area (Å²) in [5.41, 5.74) is 0.0248. The quantitative estimate of drug-likeness (QED) is 0.432. The van der Waals surface area contributed by atoms with Crippen molar-refractivity contribution in [2.24, 2.45) is 0 Å². The molecule has 104 valence electrons. The molecule has 0 unspecified atom stereocenters. The van der Waals surface area contributed by atoms with Gasteiger partial charge < -0.3 is 0 Å². The van der Waals surface area contributed by atoms with Crippen molar-refractivity contribution in [2.75, 3.05) is 0 Å². The fourth-order valence-electron chi connectivity index (χ4n) is 1.47. The molecule has 0 atom stereocenters. The van der Waals surface area contributed by atoms with E-state index in [0.717, 1.165) is 7.14 Å². The second-order valence-electron chi connectivity index (χ2n) is 3.70. The molecule has 0 saturated heterocycles. The third kappa shape index (κ3) is 3.23. The van der Waals surface area contributed by atoms with Gasteiger partial charge in [-0.2, -0.15) is 0 Å². The van der Waals surface area contributed by atoms with Crippen LogP contribution in [0.1, 0.15) is 0 Å². The number of rotatable bonds is 4. The van der Waals surface area contributed by atoms with Gasteiger partial charge in [0.2, 0.25) is 0 Å². The van der Waals surface area contributed by atoms with Gasteiger partial charge >= 0.3 is 125 Å². The molecule has 0 bridgehead atoms. The van der Waals surface area contributed by atoms with Crippen molar-refractivity contribution in [1.29, 1.82) is 0 Å². The Bertz CT molecular complexity index is 588. The van der Waals surface area contributed by atoms with Crippen LogP contribution in [0.5, 0.6) is 0 Å². The zero-order valence-electron chi connectivity index (χ0n) is 9.90. The summed E-state index contributed by atoms with van der Waals surface area (Å²) in [4.78, 5) is 20.2. The van der Waals surface area contributed by atoms with E-state index in [1.807, 2.05) is 0 Å². The van der Waals surface area contributed by atoms with Gasteiger partial charge in [0.15, 0.2) is 0 Å². The maximum atomic E-state index is 10.6. The van der Waals surface area contributed by atoms with E-state index in [2.05, 4.69) is 0 Å². The van der Waals surface area contributed by atoms with E-state index in [-0.39, 0.29) is 11.4 Å². The Hall–Kier alpha value is -1.74. The van der Waals surface area contributed by atoms with Gasteiger partial charge in [0.1, 0.15) is 0 Å². The van der Waals surface area contributed by atoms with Gasteiger partial charge in [0.25, 0.3) is 0 Å². The summed E-state index contributed by atoms with van der Waals surface area (Å²) in [7, 11) is 6.41. The fourth-order valence-corrected chi connectivity index (χ4v) is 5.45. The fraction of sp³-hybridized carbons (Fsp3) is 0. The van der Waals surface area contributed by atoms with Crippen LogP contribution in [0.2, 0.25) is 0 Å². The zero-order valence-corrected chi connectivity index (χ0v) is 12.8. The van der Waals surface area contributed by atoms with Crippen LogP contribution in [0.15, 0.2) is 48.5 Å². The van der Waals surface area contributed by atoms with Crippen LogP contribution in [-0.2, 0) is 0 Å². The van der Waals surface area contributed by atoms with Crippen LogP contribution >= 0.6 is 27.6 Å². The molecule has 0 aliphatic carbocycles. The Labute approximate surface area is 124 Å². The number of hydrogen-bond acceptors (Lipinski definition) is 4. The van der Waals surface area contributed by atoms with Gasteiger partial charge in [-0.3, -0.25) is 0 Å². The Kier molecular flexibility index (Phi) is 4.50. The van der Waals surface area contributed by atoms with Crippen LogP contribution in [0.25, 0.3) is 0 Å². The van der Waals surface area contributed by atoms with Gasteiger partial charge in [-0.05, 0) is 0 Å². The summed E-state index contributed by atoms with van der Waals surface area (Å²) < 4.78 is 1.69. The number of non-ortho nitro benzene ring substituents is 2. The maximum absolute atomic E-state index is 10.6. The van der Waals surface area contributed by atoms with E-state index < -0.39 is 28.5 Å². The van der Waals surface area contributed by atoms with Crippen molar-refractivity contribution in [3.8, 4) is 0 Å². The summed E-state index contributed by atoms with van der Waals surface area (Å²) in [6.45, 7) is 0. The summed E-state index contributed by atoms with van der Waals surface area (Å²) in [6.07, 6.45) is 0. The van der Waals surface area contributed by atoms with Gasteiger partial charge in [-0.25, -0.2) is 0 Å². The van der Waals surface area contributed by atoms with Crippen LogP contribution in [-0.4, -0.2) is 9.85 Å². The summed E-state index contributed by atoms with van der Waals surface area (Å²) in [5.74, 6) is 0. The van der Waals surface area contributed by atoms with Crippen molar-refractivity contribution in [2.45, 2.75) is 0 Å². The predicted molar refractivity (Wildman–Crippen MR) is 83.5 cm³/mol. The Morgan fingerprint density at radius 3 is 1.30 bits per heavy atom. The summed E-state index contributed by atoms with van der Waals surface area (Å²) >= 11 is -2.18. The van der Waals surface area contributed by atoms with Crippen molar-refractivity contribution >= 4 is 39.0 Å². The van der Waals surface area contributed by atoms with E-state index >= 15 is 0 Å². The average molecular weight is 407 g/mol. The molecule has 0 saturated carbocycles. The molecule has 0 aliphatic heterocycles. The topological polar surface area (TPSA) is 86.3 Å². The first-order chi connectivity index (χ1) is 9.49. The number of hydrogen-bond donors (Lipinski definition) is 0. The SMILES string of the molecule is O=[N+]([O-])c1ccc(I(Cl)c2ccc([N+](=O)[O-])cc2)cc1.